The van der Waals surface area contributed by atoms with Gasteiger partial charge in [0, 0.05) is 12.0 Å². The first kappa shape index (κ1) is 20.2. The van der Waals surface area contributed by atoms with E-state index >= 15 is 0 Å². The van der Waals surface area contributed by atoms with Crippen molar-refractivity contribution in [3.05, 3.63) is 42.0 Å². The van der Waals surface area contributed by atoms with Crippen molar-refractivity contribution in [2.45, 2.75) is 50.0 Å². The Balaban J connectivity index is 2.36. The van der Waals surface area contributed by atoms with Gasteiger partial charge < -0.3 is 4.74 Å². The number of hydrogen-bond acceptors (Lipinski definition) is 4. The molecule has 1 aliphatic rings. The fourth-order valence-electron chi connectivity index (χ4n) is 2.85. The number of allylic oxidation sites excluding steroid dienone is 1. The number of nitrogens with zero attached hydrogens (tertiary/aromatic N) is 1. The third-order valence-corrected chi connectivity index (χ3v) is 6.22. The molecule has 2 rings (SSSR count). The summed E-state index contributed by atoms with van der Waals surface area (Å²) in [6, 6.07) is 6.50. The van der Waals surface area contributed by atoms with E-state index in [0.29, 0.717) is 0 Å². The largest absolute Gasteiger partial charge is 0.459 e. The van der Waals surface area contributed by atoms with Gasteiger partial charge in [0.05, 0.1) is 18.6 Å². The van der Waals surface area contributed by atoms with Crippen molar-refractivity contribution < 1.29 is 17.9 Å². The van der Waals surface area contributed by atoms with Gasteiger partial charge in [-0.05, 0) is 38.3 Å². The second-order valence-corrected chi connectivity index (χ2v) is 8.18. The Morgan fingerprint density at radius 1 is 1.23 bits per heavy atom. The number of esters is 1. The molecule has 0 amide bonds. The van der Waals surface area contributed by atoms with Crippen LogP contribution in [0, 0.1) is 18.8 Å². The number of benzene rings is 1. The van der Waals surface area contributed by atoms with Crippen molar-refractivity contribution in [2.75, 3.05) is 13.7 Å². The average molecular weight is 375 g/mol. The van der Waals surface area contributed by atoms with E-state index in [4.69, 9.17) is 0 Å². The van der Waals surface area contributed by atoms with Crippen LogP contribution in [0.1, 0.15) is 37.7 Å². The smallest absolute Gasteiger partial charge is 0.384 e. The second kappa shape index (κ2) is 9.56. The van der Waals surface area contributed by atoms with Crippen molar-refractivity contribution in [3.63, 3.8) is 0 Å². The summed E-state index contributed by atoms with van der Waals surface area (Å²) in [4.78, 5) is 11.5. The molecule has 1 aromatic carbocycles. The van der Waals surface area contributed by atoms with E-state index in [0.717, 1.165) is 37.7 Å². The molecule has 1 unspecified atom stereocenters. The lowest BCUT2D eigenvalue weighted by atomic mass is 10.0. The molecule has 1 aromatic rings. The van der Waals surface area contributed by atoms with Gasteiger partial charge in [-0.2, -0.15) is 4.31 Å². The van der Waals surface area contributed by atoms with Crippen molar-refractivity contribution in [3.8, 4) is 11.8 Å². The predicted molar refractivity (Wildman–Crippen MR) is 101 cm³/mol. The third kappa shape index (κ3) is 5.45. The number of rotatable bonds is 4. The number of ether oxygens (including phenoxy) is 1. The van der Waals surface area contributed by atoms with Crippen molar-refractivity contribution in [1.29, 1.82) is 0 Å². The van der Waals surface area contributed by atoms with E-state index in [1.807, 2.05) is 19.1 Å². The number of aryl methyl sites for hydroxylation is 1. The predicted octanol–water partition coefficient (Wildman–Crippen LogP) is 3.05. The minimum atomic E-state index is -3.72. The normalized spacial score (nSPS) is 19.0. The van der Waals surface area contributed by atoms with Gasteiger partial charge in [-0.25, -0.2) is 13.2 Å². The number of carbonyl (C=O) groups is 1. The monoisotopic (exact) mass is 375 g/mol. The highest BCUT2D eigenvalue weighted by Gasteiger charge is 2.29. The summed E-state index contributed by atoms with van der Waals surface area (Å²) in [5.41, 5.74) is 0.992. The minimum Gasteiger partial charge on any atom is -0.459 e. The standard InChI is InChI=1S/C20H25NO4S/c1-17-12-14-19(15-13-17)26(23,24)21(16-8-11-20(22)25-2)18-9-6-4-3-5-7-10-18/h6,9,12-15,18H,3-5,7,10,16H2,1-2H3/b9-6-. The van der Waals surface area contributed by atoms with Gasteiger partial charge in [0.2, 0.25) is 10.0 Å². The first-order chi connectivity index (χ1) is 12.4. The van der Waals surface area contributed by atoms with Gasteiger partial charge in [0.1, 0.15) is 0 Å². The topological polar surface area (TPSA) is 63.7 Å². The van der Waals surface area contributed by atoms with E-state index in [-0.39, 0.29) is 17.5 Å². The first-order valence-electron chi connectivity index (χ1n) is 8.77. The lowest BCUT2D eigenvalue weighted by molar-refractivity contribution is -0.133. The molecule has 0 fully saturated rings. The van der Waals surface area contributed by atoms with Crippen LogP contribution in [0.5, 0.6) is 0 Å². The van der Waals surface area contributed by atoms with Crippen LogP contribution in [0.3, 0.4) is 0 Å². The molecule has 0 saturated carbocycles. The lowest BCUT2D eigenvalue weighted by Crippen LogP contribution is -2.40. The van der Waals surface area contributed by atoms with Crippen LogP contribution in [-0.4, -0.2) is 38.4 Å². The molecule has 5 nitrogen and oxygen atoms in total. The summed E-state index contributed by atoms with van der Waals surface area (Å²) in [5, 5.41) is 0. The molecule has 1 atom stereocenters. The highest BCUT2D eigenvalue weighted by Crippen LogP contribution is 2.23. The first-order valence-corrected chi connectivity index (χ1v) is 10.2. The number of sulfonamides is 1. The van der Waals surface area contributed by atoms with E-state index in [2.05, 4.69) is 16.6 Å². The van der Waals surface area contributed by atoms with E-state index in [1.54, 1.807) is 24.3 Å². The highest BCUT2D eigenvalue weighted by atomic mass is 32.2. The van der Waals surface area contributed by atoms with Crippen molar-refractivity contribution in [2.24, 2.45) is 0 Å². The summed E-state index contributed by atoms with van der Waals surface area (Å²) in [7, 11) is -2.48. The maximum absolute atomic E-state index is 13.2. The fraction of sp³-hybridized carbons (Fsp3) is 0.450. The summed E-state index contributed by atoms with van der Waals surface area (Å²) >= 11 is 0. The quantitative estimate of drug-likeness (QED) is 0.351. The van der Waals surface area contributed by atoms with Crippen LogP contribution >= 0.6 is 0 Å². The van der Waals surface area contributed by atoms with Crippen LogP contribution in [0.25, 0.3) is 0 Å². The van der Waals surface area contributed by atoms with Crippen molar-refractivity contribution >= 4 is 16.0 Å². The van der Waals surface area contributed by atoms with Crippen LogP contribution in [-0.2, 0) is 19.6 Å². The molecule has 0 spiro atoms. The molecule has 0 aromatic heterocycles. The maximum atomic E-state index is 13.2. The Morgan fingerprint density at radius 2 is 1.96 bits per heavy atom. The maximum Gasteiger partial charge on any atom is 0.384 e. The molecule has 0 N–H and O–H groups in total. The molecule has 0 aliphatic heterocycles. The van der Waals surface area contributed by atoms with Crippen LogP contribution in [0.15, 0.2) is 41.3 Å². The molecule has 6 heteroatoms. The molecule has 1 aliphatic carbocycles. The zero-order valence-corrected chi connectivity index (χ0v) is 16.1. The number of hydrogen-bond donors (Lipinski definition) is 0. The zero-order valence-electron chi connectivity index (χ0n) is 15.3. The summed E-state index contributed by atoms with van der Waals surface area (Å²) in [5.74, 6) is 4.29. The number of methoxy groups -OCH3 is 1. The molecule has 0 bridgehead atoms. The zero-order chi connectivity index (χ0) is 19.0. The second-order valence-electron chi connectivity index (χ2n) is 6.29. The van der Waals surface area contributed by atoms with Gasteiger partial charge in [-0.3, -0.25) is 0 Å². The van der Waals surface area contributed by atoms with Crippen LogP contribution < -0.4 is 0 Å². The number of carbonyl (C=O) groups excluding carboxylic acids is 1. The summed E-state index contributed by atoms with van der Waals surface area (Å²) < 4.78 is 32.3. The highest BCUT2D eigenvalue weighted by molar-refractivity contribution is 7.89. The van der Waals surface area contributed by atoms with Crippen LogP contribution in [0.2, 0.25) is 0 Å². The molecule has 0 radical (unpaired) electrons. The Kier molecular flexibility index (Phi) is 7.43. The third-order valence-electron chi connectivity index (χ3n) is 4.34. The fourth-order valence-corrected chi connectivity index (χ4v) is 4.37. The van der Waals surface area contributed by atoms with E-state index in [9.17, 15) is 13.2 Å². The SMILES string of the molecule is COC(=O)C#CCN(C1/C=C\CCCCC1)S(=O)(=O)c1ccc(C)cc1. The Labute approximate surface area is 156 Å². The molecule has 0 saturated heterocycles. The molecule has 0 heterocycles. The lowest BCUT2D eigenvalue weighted by Gasteiger charge is -2.28. The van der Waals surface area contributed by atoms with E-state index in [1.165, 1.54) is 11.4 Å². The Hall–Kier alpha value is -2.10. The molecular formula is C20H25NO4S. The average Bonchev–Trinajstić information content (AvgIpc) is 2.59. The van der Waals surface area contributed by atoms with E-state index < -0.39 is 16.0 Å². The van der Waals surface area contributed by atoms with Gasteiger partial charge in [0.15, 0.2) is 0 Å². The Bertz CT molecular complexity index is 800. The van der Waals surface area contributed by atoms with Gasteiger partial charge in [0.25, 0.3) is 0 Å². The minimum absolute atomic E-state index is 0.0552. The van der Waals surface area contributed by atoms with Gasteiger partial charge >= 0.3 is 5.97 Å². The van der Waals surface area contributed by atoms with Crippen LogP contribution in [0.4, 0.5) is 0 Å². The Morgan fingerprint density at radius 3 is 2.65 bits per heavy atom. The summed E-state index contributed by atoms with van der Waals surface area (Å²) in [6.07, 6.45) is 8.83. The molecular weight excluding hydrogens is 350 g/mol. The molecule has 140 valence electrons. The van der Waals surface area contributed by atoms with Crippen molar-refractivity contribution in [1.82, 2.24) is 4.31 Å². The van der Waals surface area contributed by atoms with Gasteiger partial charge in [-0.15, -0.1) is 0 Å². The molecule has 26 heavy (non-hydrogen) atoms. The van der Waals surface area contributed by atoms with Gasteiger partial charge in [-0.1, -0.05) is 48.6 Å². The summed E-state index contributed by atoms with van der Waals surface area (Å²) in [6.45, 7) is 1.86.